The molecule has 0 spiro atoms. The topological polar surface area (TPSA) is 98.0 Å². The van der Waals surface area contributed by atoms with Gasteiger partial charge in [-0.05, 0) is 0 Å². The number of sulfonamides is 1. The maximum Gasteiger partial charge on any atom is 0.267 e. The summed E-state index contributed by atoms with van der Waals surface area (Å²) >= 11 is 0.877. The van der Waals surface area contributed by atoms with Crippen molar-refractivity contribution in [2.45, 2.75) is 25.1 Å². The Morgan fingerprint density at radius 3 is 2.38 bits per heavy atom. The smallest absolute Gasteiger partial charge is 0.267 e. The van der Waals surface area contributed by atoms with Gasteiger partial charge in [0.15, 0.2) is 0 Å². The highest BCUT2D eigenvalue weighted by Crippen LogP contribution is 2.27. The van der Waals surface area contributed by atoms with Gasteiger partial charge in [0.25, 0.3) is 10.0 Å². The number of nitrogens with one attached hydrogen (secondary N) is 1. The van der Waals surface area contributed by atoms with Crippen LogP contribution >= 0.6 is 11.3 Å². The third kappa shape index (κ3) is 3.26. The van der Waals surface area contributed by atoms with Crippen LogP contribution in [0.25, 0.3) is 0 Å². The predicted molar refractivity (Wildman–Crippen MR) is 63.5 cm³/mol. The van der Waals surface area contributed by atoms with Crippen LogP contribution in [0.4, 0.5) is 5.13 Å². The van der Waals surface area contributed by atoms with Crippen LogP contribution in [0, 0.1) is 5.41 Å². The van der Waals surface area contributed by atoms with Gasteiger partial charge >= 0.3 is 0 Å². The van der Waals surface area contributed by atoms with Crippen LogP contribution < -0.4 is 10.5 Å². The van der Waals surface area contributed by atoms with Gasteiger partial charge in [0.05, 0.1) is 0 Å². The maximum absolute atomic E-state index is 11.0. The van der Waals surface area contributed by atoms with Crippen molar-refractivity contribution >= 4 is 26.5 Å². The van der Waals surface area contributed by atoms with Gasteiger partial charge in [-0.15, -0.1) is 10.2 Å². The fourth-order valence-electron chi connectivity index (χ4n) is 0.692. The fraction of sp³-hybridized carbons (Fsp3) is 0.500. The maximum atomic E-state index is 11.0. The quantitative estimate of drug-likeness (QED) is 0.851. The summed E-state index contributed by atoms with van der Waals surface area (Å²) in [6.07, 6.45) is 0. The van der Waals surface area contributed by atoms with Crippen molar-refractivity contribution in [1.29, 1.82) is 0 Å². The molecule has 16 heavy (non-hydrogen) atoms. The lowest BCUT2D eigenvalue weighted by Gasteiger charge is -2.21. The minimum atomic E-state index is -3.78. The van der Waals surface area contributed by atoms with Crippen LogP contribution in [-0.2, 0) is 10.0 Å². The number of nitrogens with zero attached hydrogens (tertiary/aromatic N) is 2. The van der Waals surface area contributed by atoms with E-state index < -0.39 is 10.0 Å². The molecule has 90 valence electrons. The summed E-state index contributed by atoms with van der Waals surface area (Å²) < 4.78 is 21.7. The highest BCUT2D eigenvalue weighted by atomic mass is 32.2. The summed E-state index contributed by atoms with van der Waals surface area (Å²) in [5.41, 5.74) is 0.581. The molecule has 0 fully saturated rings. The lowest BCUT2D eigenvalue weighted by Crippen LogP contribution is -2.15. The molecule has 0 aliphatic rings. The van der Waals surface area contributed by atoms with E-state index in [-0.39, 0.29) is 9.75 Å². The molecule has 8 heteroatoms. The van der Waals surface area contributed by atoms with E-state index in [0.29, 0.717) is 5.13 Å². The number of primary sulfonamides is 1. The van der Waals surface area contributed by atoms with Gasteiger partial charge in [-0.2, -0.15) is 0 Å². The Labute approximate surface area is 98.6 Å². The molecule has 0 amide bonds. The lowest BCUT2D eigenvalue weighted by atomic mass is 9.93. The molecule has 0 saturated carbocycles. The second kappa shape index (κ2) is 4.11. The van der Waals surface area contributed by atoms with Crippen molar-refractivity contribution in [1.82, 2.24) is 10.2 Å². The van der Waals surface area contributed by atoms with Crippen molar-refractivity contribution in [2.75, 3.05) is 5.32 Å². The zero-order chi connectivity index (χ0) is 12.6. The largest absolute Gasteiger partial charge is 0.334 e. The molecule has 0 radical (unpaired) electrons. The standard InChI is InChI=1S/C8H14N4O2S2/c1-5(8(2,3)4)10-6-11-12-7(15-6)16(9,13)14/h1H2,2-4H3,(H,10,11)(H2,9,13,14). The monoisotopic (exact) mass is 262 g/mol. The van der Waals surface area contributed by atoms with Crippen LogP contribution in [0.1, 0.15) is 20.8 Å². The second-order valence-electron chi connectivity index (χ2n) is 4.27. The Hall–Kier alpha value is -0.990. The van der Waals surface area contributed by atoms with E-state index in [2.05, 4.69) is 22.1 Å². The van der Waals surface area contributed by atoms with Crippen molar-refractivity contribution < 1.29 is 8.42 Å². The molecule has 3 N–H and O–H groups in total. The molecule has 0 saturated heterocycles. The van der Waals surface area contributed by atoms with Crippen LogP contribution in [-0.4, -0.2) is 18.6 Å². The number of nitrogens with two attached hydrogens (primary N) is 1. The first kappa shape index (κ1) is 13.1. The summed E-state index contributed by atoms with van der Waals surface area (Å²) in [5.74, 6) is 0. The Kier molecular flexibility index (Phi) is 3.36. The molecular formula is C8H14N4O2S2. The minimum absolute atomic E-state index is 0.145. The zero-order valence-corrected chi connectivity index (χ0v) is 10.9. The third-order valence-corrected chi connectivity index (χ3v) is 3.96. The molecule has 1 aromatic heterocycles. The second-order valence-corrected chi connectivity index (χ2v) is 6.98. The molecule has 0 aliphatic heterocycles. The number of rotatable bonds is 3. The molecule has 1 heterocycles. The van der Waals surface area contributed by atoms with Crippen molar-refractivity contribution in [3.05, 3.63) is 12.3 Å². The zero-order valence-electron chi connectivity index (χ0n) is 9.31. The van der Waals surface area contributed by atoms with Crippen LogP contribution in [0.2, 0.25) is 0 Å². The van der Waals surface area contributed by atoms with Crippen LogP contribution in [0.5, 0.6) is 0 Å². The molecular weight excluding hydrogens is 248 g/mol. The summed E-state index contributed by atoms with van der Waals surface area (Å²) in [4.78, 5) is 0. The average molecular weight is 262 g/mol. The highest BCUT2D eigenvalue weighted by molar-refractivity contribution is 7.91. The Morgan fingerprint density at radius 1 is 1.44 bits per heavy atom. The fourth-order valence-corrected chi connectivity index (χ4v) is 2.05. The number of hydrogen-bond acceptors (Lipinski definition) is 6. The summed E-state index contributed by atoms with van der Waals surface area (Å²) in [7, 11) is -3.78. The highest BCUT2D eigenvalue weighted by Gasteiger charge is 2.19. The van der Waals surface area contributed by atoms with Gasteiger partial charge < -0.3 is 5.32 Å². The Morgan fingerprint density at radius 2 is 2.00 bits per heavy atom. The van der Waals surface area contributed by atoms with E-state index in [4.69, 9.17) is 5.14 Å². The van der Waals surface area contributed by atoms with E-state index in [1.54, 1.807) is 0 Å². The van der Waals surface area contributed by atoms with Gasteiger partial charge in [-0.1, -0.05) is 38.7 Å². The van der Waals surface area contributed by atoms with Gasteiger partial charge in [0.2, 0.25) is 9.47 Å². The number of hydrogen-bond donors (Lipinski definition) is 2. The van der Waals surface area contributed by atoms with Gasteiger partial charge in [-0.3, -0.25) is 0 Å². The molecule has 0 unspecified atom stereocenters. The number of aromatic nitrogens is 2. The molecule has 1 rings (SSSR count). The van der Waals surface area contributed by atoms with Crippen molar-refractivity contribution in [2.24, 2.45) is 10.6 Å². The van der Waals surface area contributed by atoms with Crippen molar-refractivity contribution in [3.8, 4) is 0 Å². The van der Waals surface area contributed by atoms with E-state index >= 15 is 0 Å². The van der Waals surface area contributed by atoms with E-state index in [1.807, 2.05) is 20.8 Å². The molecule has 0 atom stereocenters. The Bertz CT molecular complexity index is 498. The van der Waals surface area contributed by atoms with E-state index in [0.717, 1.165) is 17.0 Å². The first-order valence-electron chi connectivity index (χ1n) is 4.43. The summed E-state index contributed by atoms with van der Waals surface area (Å²) in [6.45, 7) is 9.77. The normalized spacial score (nSPS) is 12.5. The predicted octanol–water partition coefficient (Wildman–Crippen LogP) is 1.16. The SMILES string of the molecule is C=C(Nc1nnc(S(N)(=O)=O)s1)C(C)(C)C. The van der Waals surface area contributed by atoms with Crippen LogP contribution in [0.15, 0.2) is 16.6 Å². The summed E-state index contributed by atoms with van der Waals surface area (Å²) in [5, 5.41) is 15.3. The average Bonchev–Trinajstić information content (AvgIpc) is 2.49. The third-order valence-electron chi connectivity index (χ3n) is 1.81. The summed E-state index contributed by atoms with van der Waals surface area (Å²) in [6, 6.07) is 0. The molecule has 0 aromatic carbocycles. The molecule has 1 aromatic rings. The van der Waals surface area contributed by atoms with Gasteiger partial charge in [0, 0.05) is 11.1 Å². The first-order valence-corrected chi connectivity index (χ1v) is 6.79. The molecule has 0 bridgehead atoms. The molecule has 0 aliphatic carbocycles. The lowest BCUT2D eigenvalue weighted by molar-refractivity contribution is 0.509. The van der Waals surface area contributed by atoms with Gasteiger partial charge in [0.1, 0.15) is 0 Å². The Balaban J connectivity index is 2.86. The van der Waals surface area contributed by atoms with E-state index in [9.17, 15) is 8.42 Å². The molecule has 6 nitrogen and oxygen atoms in total. The minimum Gasteiger partial charge on any atom is -0.334 e. The number of allylic oxidation sites excluding steroid dienone is 1. The van der Waals surface area contributed by atoms with Crippen LogP contribution in [0.3, 0.4) is 0 Å². The van der Waals surface area contributed by atoms with E-state index in [1.165, 1.54) is 0 Å². The van der Waals surface area contributed by atoms with Gasteiger partial charge in [-0.25, -0.2) is 13.6 Å². The van der Waals surface area contributed by atoms with Crippen molar-refractivity contribution in [3.63, 3.8) is 0 Å². The first-order chi connectivity index (χ1) is 7.10. The number of anilines is 1.